The molecule has 0 aliphatic rings. The van der Waals surface area contributed by atoms with Crippen LogP contribution in [0.2, 0.25) is 0 Å². The fourth-order valence-electron chi connectivity index (χ4n) is 1.96. The Hall–Kier alpha value is -0.860. The summed E-state index contributed by atoms with van der Waals surface area (Å²) in [6.07, 6.45) is 2.34. The van der Waals surface area contributed by atoms with Gasteiger partial charge in [-0.25, -0.2) is 0 Å². The first-order chi connectivity index (χ1) is 7.75. The van der Waals surface area contributed by atoms with Crippen LogP contribution in [0.5, 0.6) is 0 Å². The van der Waals surface area contributed by atoms with Crippen LogP contribution in [-0.4, -0.2) is 19.6 Å². The van der Waals surface area contributed by atoms with Crippen LogP contribution in [0.1, 0.15) is 37.3 Å². The van der Waals surface area contributed by atoms with E-state index in [0.29, 0.717) is 5.92 Å². The fraction of sp³-hybridized carbons (Fsp3) is 0.571. The van der Waals surface area contributed by atoms with Crippen molar-refractivity contribution in [1.29, 1.82) is 0 Å². The summed E-state index contributed by atoms with van der Waals surface area (Å²) in [5.41, 5.74) is 8.40. The Morgan fingerprint density at radius 2 is 1.94 bits per heavy atom. The first-order valence-electron chi connectivity index (χ1n) is 6.24. The number of hydrogen-bond acceptors (Lipinski definition) is 2. The van der Waals surface area contributed by atoms with Crippen LogP contribution >= 0.6 is 0 Å². The molecule has 0 amide bonds. The molecular weight excluding hydrogens is 196 g/mol. The van der Waals surface area contributed by atoms with E-state index in [9.17, 15) is 0 Å². The lowest BCUT2D eigenvalue weighted by Gasteiger charge is -2.12. The minimum absolute atomic E-state index is 0.619. The van der Waals surface area contributed by atoms with Gasteiger partial charge in [-0.15, -0.1) is 0 Å². The molecule has 1 rings (SSSR count). The van der Waals surface area contributed by atoms with Gasteiger partial charge < -0.3 is 11.1 Å². The van der Waals surface area contributed by atoms with Gasteiger partial charge in [-0.3, -0.25) is 0 Å². The van der Waals surface area contributed by atoms with E-state index in [1.807, 2.05) is 0 Å². The average Bonchev–Trinajstić information content (AvgIpc) is 2.29. The summed E-state index contributed by atoms with van der Waals surface area (Å²) in [6, 6.07) is 8.76. The van der Waals surface area contributed by atoms with Crippen LogP contribution in [0.4, 0.5) is 0 Å². The lowest BCUT2D eigenvalue weighted by atomic mass is 9.94. The molecule has 0 aliphatic carbocycles. The second kappa shape index (κ2) is 7.42. The Morgan fingerprint density at radius 1 is 1.19 bits per heavy atom. The molecule has 0 unspecified atom stereocenters. The van der Waals surface area contributed by atoms with E-state index in [0.717, 1.165) is 26.1 Å². The monoisotopic (exact) mass is 220 g/mol. The molecule has 3 N–H and O–H groups in total. The third-order valence-corrected chi connectivity index (χ3v) is 2.80. The van der Waals surface area contributed by atoms with Crippen molar-refractivity contribution < 1.29 is 0 Å². The molecule has 0 saturated heterocycles. The summed E-state index contributed by atoms with van der Waals surface area (Å²) in [4.78, 5) is 0. The third-order valence-electron chi connectivity index (χ3n) is 2.80. The van der Waals surface area contributed by atoms with Crippen LogP contribution in [0.3, 0.4) is 0 Å². The first kappa shape index (κ1) is 13.2. The van der Waals surface area contributed by atoms with Gasteiger partial charge >= 0.3 is 0 Å². The number of benzene rings is 1. The van der Waals surface area contributed by atoms with Gasteiger partial charge in [-0.05, 0) is 36.4 Å². The van der Waals surface area contributed by atoms with E-state index in [1.54, 1.807) is 0 Å². The number of nitrogens with one attached hydrogen (secondary N) is 1. The topological polar surface area (TPSA) is 38.0 Å². The van der Waals surface area contributed by atoms with E-state index in [2.05, 4.69) is 43.4 Å². The molecule has 2 heteroatoms. The van der Waals surface area contributed by atoms with E-state index in [-0.39, 0.29) is 0 Å². The highest BCUT2D eigenvalue weighted by Gasteiger charge is 2.04. The molecule has 1 aromatic carbocycles. The van der Waals surface area contributed by atoms with Crippen LogP contribution in [0.15, 0.2) is 24.3 Å². The maximum atomic E-state index is 5.42. The van der Waals surface area contributed by atoms with Gasteiger partial charge in [0.25, 0.3) is 0 Å². The lowest BCUT2D eigenvalue weighted by Crippen LogP contribution is -2.23. The third kappa shape index (κ3) is 4.33. The van der Waals surface area contributed by atoms with Crippen molar-refractivity contribution in [3.8, 4) is 0 Å². The Bertz CT molecular complexity index is 295. The molecule has 0 radical (unpaired) electrons. The Kier molecular flexibility index (Phi) is 6.12. The smallest absolute Gasteiger partial charge is 0.00745 e. The molecule has 1 aromatic rings. The molecule has 0 aliphatic heterocycles. The highest BCUT2D eigenvalue weighted by Crippen LogP contribution is 2.20. The van der Waals surface area contributed by atoms with Crippen LogP contribution in [0.25, 0.3) is 0 Å². The minimum atomic E-state index is 0.619. The summed E-state index contributed by atoms with van der Waals surface area (Å²) < 4.78 is 0. The summed E-state index contributed by atoms with van der Waals surface area (Å²) in [5.74, 6) is 0.619. The van der Waals surface area contributed by atoms with Crippen molar-refractivity contribution >= 4 is 0 Å². The second-order valence-electron chi connectivity index (χ2n) is 4.50. The van der Waals surface area contributed by atoms with Crippen molar-refractivity contribution in [2.24, 2.45) is 5.73 Å². The molecule has 0 bridgehead atoms. The highest BCUT2D eigenvalue weighted by molar-refractivity contribution is 5.29. The van der Waals surface area contributed by atoms with Crippen molar-refractivity contribution in [3.05, 3.63) is 35.4 Å². The van der Waals surface area contributed by atoms with Crippen molar-refractivity contribution in [1.82, 2.24) is 5.32 Å². The number of rotatable bonds is 7. The van der Waals surface area contributed by atoms with Crippen molar-refractivity contribution in [2.45, 2.75) is 32.6 Å². The molecule has 16 heavy (non-hydrogen) atoms. The maximum Gasteiger partial charge on any atom is 0.00745 e. The minimum Gasteiger partial charge on any atom is -0.329 e. The van der Waals surface area contributed by atoms with Crippen LogP contribution in [0, 0.1) is 0 Å². The summed E-state index contributed by atoms with van der Waals surface area (Å²) in [5, 5.41) is 3.33. The predicted molar refractivity (Wildman–Crippen MR) is 70.8 cm³/mol. The molecule has 0 saturated carbocycles. The summed E-state index contributed by atoms with van der Waals surface area (Å²) in [6.45, 7) is 7.22. The Labute approximate surface area is 99.2 Å². The van der Waals surface area contributed by atoms with Gasteiger partial charge in [0.1, 0.15) is 0 Å². The van der Waals surface area contributed by atoms with Gasteiger partial charge in [-0.1, -0.05) is 38.1 Å². The largest absolute Gasteiger partial charge is 0.329 e. The number of hydrogen-bond donors (Lipinski definition) is 2. The molecule has 0 atom stereocenters. The van der Waals surface area contributed by atoms with Gasteiger partial charge in [0.2, 0.25) is 0 Å². The standard InChI is InChI=1S/C14H24N2/c1-12(2)14-8-4-3-6-13(14)7-5-10-16-11-9-15/h3-4,6,8,12,16H,5,7,9-11,15H2,1-2H3. The average molecular weight is 220 g/mol. The molecule has 0 aromatic heterocycles. The van der Waals surface area contributed by atoms with E-state index in [1.165, 1.54) is 17.5 Å². The summed E-state index contributed by atoms with van der Waals surface area (Å²) >= 11 is 0. The van der Waals surface area contributed by atoms with E-state index in [4.69, 9.17) is 5.73 Å². The second-order valence-corrected chi connectivity index (χ2v) is 4.50. The molecule has 0 fully saturated rings. The first-order valence-corrected chi connectivity index (χ1v) is 6.24. The van der Waals surface area contributed by atoms with Crippen LogP contribution < -0.4 is 11.1 Å². The highest BCUT2D eigenvalue weighted by atomic mass is 14.9. The quantitative estimate of drug-likeness (QED) is 0.692. The maximum absolute atomic E-state index is 5.42. The Morgan fingerprint density at radius 3 is 2.62 bits per heavy atom. The SMILES string of the molecule is CC(C)c1ccccc1CCCNCCN. The van der Waals surface area contributed by atoms with E-state index >= 15 is 0 Å². The van der Waals surface area contributed by atoms with Gasteiger partial charge in [0.05, 0.1) is 0 Å². The predicted octanol–water partition coefficient (Wildman–Crippen LogP) is 2.29. The van der Waals surface area contributed by atoms with Gasteiger partial charge in [0, 0.05) is 13.1 Å². The van der Waals surface area contributed by atoms with Crippen molar-refractivity contribution in [2.75, 3.05) is 19.6 Å². The zero-order valence-electron chi connectivity index (χ0n) is 10.5. The molecular formula is C14H24N2. The Balaban J connectivity index is 2.41. The fourth-order valence-corrected chi connectivity index (χ4v) is 1.96. The van der Waals surface area contributed by atoms with E-state index < -0.39 is 0 Å². The molecule has 2 nitrogen and oxygen atoms in total. The summed E-state index contributed by atoms with van der Waals surface area (Å²) in [7, 11) is 0. The zero-order chi connectivity index (χ0) is 11.8. The lowest BCUT2D eigenvalue weighted by molar-refractivity contribution is 0.650. The molecule has 90 valence electrons. The molecule has 0 heterocycles. The zero-order valence-corrected chi connectivity index (χ0v) is 10.5. The van der Waals surface area contributed by atoms with Crippen LogP contribution in [-0.2, 0) is 6.42 Å². The van der Waals surface area contributed by atoms with Crippen molar-refractivity contribution in [3.63, 3.8) is 0 Å². The number of nitrogens with two attached hydrogens (primary N) is 1. The van der Waals surface area contributed by atoms with Gasteiger partial charge in [-0.2, -0.15) is 0 Å². The number of aryl methyl sites for hydroxylation is 1. The van der Waals surface area contributed by atoms with Gasteiger partial charge in [0.15, 0.2) is 0 Å². The molecule has 0 spiro atoms. The normalized spacial score (nSPS) is 11.0.